The Morgan fingerprint density at radius 2 is 2.04 bits per heavy atom. The van der Waals surface area contributed by atoms with Gasteiger partial charge in [0.25, 0.3) is 0 Å². The number of hydrogen-bond acceptors (Lipinski definition) is 2. The third-order valence-electron chi connectivity index (χ3n) is 5.13. The van der Waals surface area contributed by atoms with Gasteiger partial charge in [0.05, 0.1) is 6.04 Å². The molecule has 1 aliphatic heterocycles. The normalized spacial score (nSPS) is 21.9. The summed E-state index contributed by atoms with van der Waals surface area (Å²) in [6.07, 6.45) is 6.44. The average molecular weight is 362 g/mol. The van der Waals surface area contributed by atoms with Crippen LogP contribution in [0.1, 0.15) is 64.0 Å². The first-order valence-electron chi connectivity index (χ1n) is 9.15. The van der Waals surface area contributed by atoms with Crippen LogP contribution in [0.15, 0.2) is 36.9 Å². The molecule has 136 valence electrons. The van der Waals surface area contributed by atoms with E-state index in [1.54, 1.807) is 6.92 Å². The highest BCUT2D eigenvalue weighted by atomic mass is 35.5. The SMILES string of the molecule is C=CCC1CCC(c2ccc(Cl)cc2)N(C(CC)CCC(C)=O)C1=O. The summed E-state index contributed by atoms with van der Waals surface area (Å²) in [5.41, 5.74) is 1.12. The maximum atomic E-state index is 13.2. The number of carbonyl (C=O) groups is 2. The van der Waals surface area contributed by atoms with Crippen LogP contribution in [-0.2, 0) is 9.59 Å². The van der Waals surface area contributed by atoms with Gasteiger partial charge < -0.3 is 9.69 Å². The molecule has 3 nitrogen and oxygen atoms in total. The number of amides is 1. The second kappa shape index (κ2) is 9.19. The highest BCUT2D eigenvalue weighted by Gasteiger charge is 2.38. The molecule has 2 rings (SSSR count). The Morgan fingerprint density at radius 1 is 1.36 bits per heavy atom. The van der Waals surface area contributed by atoms with Crippen molar-refractivity contribution in [2.24, 2.45) is 5.92 Å². The van der Waals surface area contributed by atoms with Crippen molar-refractivity contribution in [3.63, 3.8) is 0 Å². The van der Waals surface area contributed by atoms with E-state index in [1.165, 1.54) is 0 Å². The molecule has 3 atom stereocenters. The minimum atomic E-state index is 0.00688. The Labute approximate surface area is 156 Å². The number of halogens is 1. The molecular weight excluding hydrogens is 334 g/mol. The van der Waals surface area contributed by atoms with Gasteiger partial charge in [0, 0.05) is 23.4 Å². The van der Waals surface area contributed by atoms with E-state index in [0.29, 0.717) is 17.9 Å². The highest BCUT2D eigenvalue weighted by Crippen LogP contribution is 2.38. The Bertz CT molecular complexity index is 611. The molecule has 1 saturated heterocycles. The molecule has 0 aromatic heterocycles. The molecule has 3 unspecified atom stereocenters. The van der Waals surface area contributed by atoms with Crippen LogP contribution >= 0.6 is 11.6 Å². The maximum Gasteiger partial charge on any atom is 0.226 e. The molecule has 1 heterocycles. The molecule has 0 saturated carbocycles. The lowest BCUT2D eigenvalue weighted by Crippen LogP contribution is -2.49. The highest BCUT2D eigenvalue weighted by molar-refractivity contribution is 6.30. The molecule has 0 N–H and O–H groups in total. The van der Waals surface area contributed by atoms with Crippen LogP contribution in [0, 0.1) is 5.92 Å². The van der Waals surface area contributed by atoms with Gasteiger partial charge >= 0.3 is 0 Å². The van der Waals surface area contributed by atoms with Crippen LogP contribution in [0.2, 0.25) is 5.02 Å². The molecule has 1 aromatic carbocycles. The first-order chi connectivity index (χ1) is 12.0. The second-order valence-electron chi connectivity index (χ2n) is 6.91. The number of piperidine rings is 1. The summed E-state index contributed by atoms with van der Waals surface area (Å²) in [4.78, 5) is 26.7. The number of benzene rings is 1. The minimum absolute atomic E-state index is 0.00688. The number of nitrogens with zero attached hydrogens (tertiary/aromatic N) is 1. The van der Waals surface area contributed by atoms with Crippen molar-refractivity contribution in [1.29, 1.82) is 0 Å². The molecule has 25 heavy (non-hydrogen) atoms. The summed E-state index contributed by atoms with van der Waals surface area (Å²) in [6.45, 7) is 7.50. The smallest absolute Gasteiger partial charge is 0.226 e. The van der Waals surface area contributed by atoms with Gasteiger partial charge in [-0.05, 0) is 56.7 Å². The zero-order valence-corrected chi connectivity index (χ0v) is 16.0. The number of rotatable bonds is 8. The van der Waals surface area contributed by atoms with Crippen molar-refractivity contribution in [3.8, 4) is 0 Å². The number of hydrogen-bond donors (Lipinski definition) is 0. The summed E-state index contributed by atoms with van der Waals surface area (Å²) in [7, 11) is 0. The first-order valence-corrected chi connectivity index (χ1v) is 9.53. The number of ketones is 1. The van der Waals surface area contributed by atoms with Gasteiger partial charge in [0.1, 0.15) is 5.78 Å². The zero-order valence-electron chi connectivity index (χ0n) is 15.2. The van der Waals surface area contributed by atoms with Gasteiger partial charge in [-0.25, -0.2) is 0 Å². The summed E-state index contributed by atoms with van der Waals surface area (Å²) >= 11 is 6.03. The van der Waals surface area contributed by atoms with E-state index < -0.39 is 0 Å². The van der Waals surface area contributed by atoms with Crippen molar-refractivity contribution in [2.45, 2.75) is 64.5 Å². The van der Waals surface area contributed by atoms with Crippen LogP contribution in [0.4, 0.5) is 0 Å². The molecule has 1 aromatic rings. The van der Waals surface area contributed by atoms with Gasteiger partial charge in [-0.2, -0.15) is 0 Å². The number of allylic oxidation sites excluding steroid dienone is 1. The van der Waals surface area contributed by atoms with Crippen LogP contribution in [0.25, 0.3) is 0 Å². The van der Waals surface area contributed by atoms with E-state index in [0.717, 1.165) is 31.2 Å². The van der Waals surface area contributed by atoms with E-state index in [1.807, 2.05) is 35.2 Å². The second-order valence-corrected chi connectivity index (χ2v) is 7.35. The molecule has 0 spiro atoms. The standard InChI is InChI=1S/C21H28ClNO2/c1-4-6-17-10-14-20(16-8-11-18(22)12-9-16)23(21(17)25)19(5-2)13-7-15(3)24/h4,8-9,11-12,17,19-20H,1,5-7,10,13-14H2,2-3H3. The van der Waals surface area contributed by atoms with Crippen molar-refractivity contribution in [1.82, 2.24) is 4.90 Å². The van der Waals surface area contributed by atoms with Crippen LogP contribution < -0.4 is 0 Å². The zero-order chi connectivity index (χ0) is 18.4. The molecule has 0 radical (unpaired) electrons. The van der Waals surface area contributed by atoms with Crippen LogP contribution in [0.3, 0.4) is 0 Å². The summed E-state index contributed by atoms with van der Waals surface area (Å²) < 4.78 is 0. The monoisotopic (exact) mass is 361 g/mol. The first kappa shape index (κ1) is 19.7. The lowest BCUT2D eigenvalue weighted by Gasteiger charge is -2.44. The molecule has 1 amide bonds. The van der Waals surface area contributed by atoms with E-state index in [4.69, 9.17) is 11.6 Å². The molecule has 4 heteroatoms. The number of carbonyl (C=O) groups excluding carboxylic acids is 2. The molecule has 1 aliphatic rings. The van der Waals surface area contributed by atoms with Crippen LogP contribution in [-0.4, -0.2) is 22.6 Å². The van der Waals surface area contributed by atoms with Crippen molar-refractivity contribution in [2.75, 3.05) is 0 Å². The van der Waals surface area contributed by atoms with E-state index in [-0.39, 0.29) is 29.7 Å². The molecule has 0 bridgehead atoms. The van der Waals surface area contributed by atoms with Gasteiger partial charge in [0.15, 0.2) is 0 Å². The maximum absolute atomic E-state index is 13.2. The molecule has 0 aliphatic carbocycles. The summed E-state index contributed by atoms with van der Waals surface area (Å²) in [5, 5.41) is 0.700. The Morgan fingerprint density at radius 3 is 2.60 bits per heavy atom. The quantitative estimate of drug-likeness (QED) is 0.586. The predicted molar refractivity (Wildman–Crippen MR) is 103 cm³/mol. The Balaban J connectivity index is 2.31. The third kappa shape index (κ3) is 4.94. The van der Waals surface area contributed by atoms with Crippen molar-refractivity contribution in [3.05, 3.63) is 47.5 Å². The third-order valence-corrected chi connectivity index (χ3v) is 5.38. The predicted octanol–water partition coefficient (Wildman–Crippen LogP) is 5.34. The van der Waals surface area contributed by atoms with E-state index in [2.05, 4.69) is 13.5 Å². The van der Waals surface area contributed by atoms with Gasteiger partial charge in [0.2, 0.25) is 5.91 Å². The lowest BCUT2D eigenvalue weighted by atomic mass is 9.84. The van der Waals surface area contributed by atoms with Gasteiger partial charge in [-0.1, -0.05) is 36.7 Å². The largest absolute Gasteiger partial charge is 0.332 e. The van der Waals surface area contributed by atoms with E-state index >= 15 is 0 Å². The van der Waals surface area contributed by atoms with Gasteiger partial charge in [-0.3, -0.25) is 4.79 Å². The topological polar surface area (TPSA) is 37.4 Å². The van der Waals surface area contributed by atoms with E-state index in [9.17, 15) is 9.59 Å². The Hall–Kier alpha value is -1.61. The fourth-order valence-electron chi connectivity index (χ4n) is 3.76. The summed E-state index contributed by atoms with van der Waals surface area (Å²) in [5.74, 6) is 0.377. The number of likely N-dealkylation sites (tertiary alicyclic amines) is 1. The fourth-order valence-corrected chi connectivity index (χ4v) is 3.89. The minimum Gasteiger partial charge on any atom is -0.332 e. The number of Topliss-reactive ketones (excluding diaryl/α,β-unsaturated/α-hetero) is 1. The van der Waals surface area contributed by atoms with Crippen molar-refractivity contribution >= 4 is 23.3 Å². The fraction of sp³-hybridized carbons (Fsp3) is 0.524. The Kier molecular flexibility index (Phi) is 7.24. The van der Waals surface area contributed by atoms with Crippen LogP contribution in [0.5, 0.6) is 0 Å². The molecule has 1 fully saturated rings. The average Bonchev–Trinajstić information content (AvgIpc) is 2.59. The van der Waals surface area contributed by atoms with Crippen molar-refractivity contribution < 1.29 is 9.59 Å². The summed E-state index contributed by atoms with van der Waals surface area (Å²) in [6, 6.07) is 7.93. The lowest BCUT2D eigenvalue weighted by molar-refractivity contribution is -0.146. The van der Waals surface area contributed by atoms with Gasteiger partial charge in [-0.15, -0.1) is 6.58 Å². The molecular formula is C21H28ClNO2.